The molecule has 3 heterocycles. The summed E-state index contributed by atoms with van der Waals surface area (Å²) in [5, 5.41) is 11.5. The highest BCUT2D eigenvalue weighted by Gasteiger charge is 2.33. The van der Waals surface area contributed by atoms with Gasteiger partial charge in [0.1, 0.15) is 18.2 Å². The van der Waals surface area contributed by atoms with E-state index in [0.717, 1.165) is 34.4 Å². The number of amides is 1. The molecule has 162 valence electrons. The molecule has 0 aliphatic carbocycles. The van der Waals surface area contributed by atoms with Gasteiger partial charge >= 0.3 is 0 Å². The maximum Gasteiger partial charge on any atom is 0.238 e. The van der Waals surface area contributed by atoms with E-state index in [1.54, 1.807) is 11.3 Å². The van der Waals surface area contributed by atoms with Crippen LogP contribution in [0.15, 0.2) is 77.3 Å². The summed E-state index contributed by atoms with van der Waals surface area (Å²) in [6.07, 6.45) is 0.739. The van der Waals surface area contributed by atoms with E-state index in [4.69, 9.17) is 4.74 Å². The van der Waals surface area contributed by atoms with Crippen LogP contribution in [0.5, 0.6) is 5.75 Å². The summed E-state index contributed by atoms with van der Waals surface area (Å²) in [7, 11) is 1.95. The minimum atomic E-state index is -0.173. The van der Waals surface area contributed by atoms with Crippen LogP contribution in [0.4, 0.5) is 5.69 Å². The largest absolute Gasteiger partial charge is 0.489 e. The minimum absolute atomic E-state index is 0.0161. The zero-order valence-corrected chi connectivity index (χ0v) is 19.2. The quantitative estimate of drug-likeness (QED) is 0.388. The molecule has 4 aromatic rings. The van der Waals surface area contributed by atoms with Crippen LogP contribution in [-0.2, 0) is 18.3 Å². The number of thiophene rings is 1. The molecule has 0 bridgehead atoms. The first-order valence-corrected chi connectivity index (χ1v) is 12.2. The molecular formula is C24H22N4O2S2. The van der Waals surface area contributed by atoms with Crippen LogP contribution in [0, 0.1) is 0 Å². The number of fused-ring (bicyclic) bond motifs is 1. The van der Waals surface area contributed by atoms with Crippen molar-refractivity contribution in [2.45, 2.75) is 17.6 Å². The molecule has 1 amide bonds. The van der Waals surface area contributed by atoms with E-state index in [1.807, 2.05) is 77.2 Å². The minimum Gasteiger partial charge on any atom is -0.489 e. The number of para-hydroxylation sites is 2. The van der Waals surface area contributed by atoms with E-state index in [-0.39, 0.29) is 17.7 Å². The van der Waals surface area contributed by atoms with Gasteiger partial charge in [-0.2, -0.15) is 0 Å². The second-order valence-electron chi connectivity index (χ2n) is 7.47. The zero-order valence-electron chi connectivity index (χ0n) is 17.5. The summed E-state index contributed by atoms with van der Waals surface area (Å²) in [6, 6.07) is 21.7. The van der Waals surface area contributed by atoms with Gasteiger partial charge in [0.15, 0.2) is 5.16 Å². The van der Waals surface area contributed by atoms with Crippen LogP contribution < -0.4 is 9.64 Å². The van der Waals surface area contributed by atoms with Crippen molar-refractivity contribution in [3.8, 4) is 5.75 Å². The molecule has 5 rings (SSSR count). The summed E-state index contributed by atoms with van der Waals surface area (Å²) < 4.78 is 7.95. The predicted octanol–water partition coefficient (Wildman–Crippen LogP) is 4.73. The molecule has 0 saturated heterocycles. The maximum absolute atomic E-state index is 13.5. The van der Waals surface area contributed by atoms with Crippen molar-refractivity contribution in [1.82, 2.24) is 14.8 Å². The molecule has 0 fully saturated rings. The van der Waals surface area contributed by atoms with Crippen molar-refractivity contribution in [2.24, 2.45) is 7.05 Å². The van der Waals surface area contributed by atoms with E-state index in [0.29, 0.717) is 6.61 Å². The Labute approximate surface area is 194 Å². The lowest BCUT2D eigenvalue weighted by Gasteiger charge is -2.37. The topological polar surface area (TPSA) is 60.2 Å². The Morgan fingerprint density at radius 2 is 1.91 bits per heavy atom. The Morgan fingerprint density at radius 3 is 2.72 bits per heavy atom. The van der Waals surface area contributed by atoms with Crippen molar-refractivity contribution in [3.63, 3.8) is 0 Å². The fourth-order valence-electron chi connectivity index (χ4n) is 3.81. The lowest BCUT2D eigenvalue weighted by Crippen LogP contribution is -2.42. The molecule has 0 spiro atoms. The number of anilines is 1. The van der Waals surface area contributed by atoms with Gasteiger partial charge < -0.3 is 9.30 Å². The molecule has 8 heteroatoms. The summed E-state index contributed by atoms with van der Waals surface area (Å²) >= 11 is 3.12. The molecule has 2 aromatic heterocycles. The highest BCUT2D eigenvalue weighted by molar-refractivity contribution is 7.99. The molecule has 6 nitrogen and oxygen atoms in total. The number of ether oxygens (including phenoxy) is 1. The summed E-state index contributed by atoms with van der Waals surface area (Å²) in [4.78, 5) is 16.6. The highest BCUT2D eigenvalue weighted by atomic mass is 32.2. The molecule has 1 aliphatic rings. The van der Waals surface area contributed by atoms with Gasteiger partial charge in [0.05, 0.1) is 17.5 Å². The predicted molar refractivity (Wildman–Crippen MR) is 127 cm³/mol. The third-order valence-electron chi connectivity index (χ3n) is 5.45. The number of carbonyl (C=O) groups is 1. The van der Waals surface area contributed by atoms with Gasteiger partial charge in [0.25, 0.3) is 0 Å². The van der Waals surface area contributed by atoms with Crippen LogP contribution in [0.3, 0.4) is 0 Å². The summed E-state index contributed by atoms with van der Waals surface area (Å²) in [5.41, 5.74) is 1.85. The highest BCUT2D eigenvalue weighted by Crippen LogP contribution is 2.39. The number of nitrogens with zero attached hydrogens (tertiary/aromatic N) is 4. The lowest BCUT2D eigenvalue weighted by molar-refractivity contribution is -0.117. The third-order valence-corrected chi connectivity index (χ3v) is 7.33. The number of aromatic nitrogens is 3. The zero-order chi connectivity index (χ0) is 21.9. The van der Waals surface area contributed by atoms with E-state index in [9.17, 15) is 4.79 Å². The number of thioether (sulfide) groups is 1. The van der Waals surface area contributed by atoms with Gasteiger partial charge in [-0.25, -0.2) is 0 Å². The smallest absolute Gasteiger partial charge is 0.238 e. The van der Waals surface area contributed by atoms with Gasteiger partial charge in [-0.15, -0.1) is 21.5 Å². The van der Waals surface area contributed by atoms with Crippen molar-refractivity contribution in [1.29, 1.82) is 0 Å². The van der Waals surface area contributed by atoms with Gasteiger partial charge in [-0.05, 0) is 29.1 Å². The second-order valence-corrected chi connectivity index (χ2v) is 9.45. The van der Waals surface area contributed by atoms with E-state index in [1.165, 1.54) is 16.6 Å². The number of benzene rings is 2. The first-order chi connectivity index (χ1) is 15.7. The van der Waals surface area contributed by atoms with Crippen LogP contribution in [-0.4, -0.2) is 33.0 Å². The summed E-state index contributed by atoms with van der Waals surface area (Å²) in [6.45, 7) is 0.423. The number of hydrogen-bond donors (Lipinski definition) is 0. The Bertz CT molecular complexity index is 1210. The van der Waals surface area contributed by atoms with Crippen LogP contribution in [0.2, 0.25) is 0 Å². The monoisotopic (exact) mass is 462 g/mol. The van der Waals surface area contributed by atoms with Crippen molar-refractivity contribution in [3.05, 3.63) is 88.4 Å². The first-order valence-electron chi connectivity index (χ1n) is 10.3. The SMILES string of the molecule is Cn1c(Cc2cccs2)nnc1SCC(=O)N1c2ccccc2OC[C@H]1c1ccccc1. The van der Waals surface area contributed by atoms with Gasteiger partial charge in [0, 0.05) is 18.3 Å². The van der Waals surface area contributed by atoms with Crippen molar-refractivity contribution in [2.75, 3.05) is 17.3 Å². The van der Waals surface area contributed by atoms with E-state index in [2.05, 4.69) is 21.6 Å². The first kappa shape index (κ1) is 20.8. The molecule has 1 aliphatic heterocycles. The van der Waals surface area contributed by atoms with Gasteiger partial charge in [0.2, 0.25) is 5.91 Å². The Kier molecular flexibility index (Phi) is 5.96. The number of carbonyl (C=O) groups excluding carboxylic acids is 1. The molecule has 0 saturated carbocycles. The van der Waals surface area contributed by atoms with Crippen LogP contribution in [0.1, 0.15) is 22.3 Å². The third kappa shape index (κ3) is 4.16. The maximum atomic E-state index is 13.5. The average molecular weight is 463 g/mol. The second kappa shape index (κ2) is 9.18. The fourth-order valence-corrected chi connectivity index (χ4v) is 5.30. The number of hydrogen-bond acceptors (Lipinski definition) is 6. The van der Waals surface area contributed by atoms with E-state index >= 15 is 0 Å². The standard InChI is InChI=1S/C24H22N4O2S2/c1-27-22(14-18-10-7-13-31-18)25-26-24(27)32-16-23(29)28-19-11-5-6-12-21(19)30-15-20(28)17-8-3-2-4-9-17/h2-13,20H,14-16H2,1H3/t20-/m0/s1. The molecular weight excluding hydrogens is 440 g/mol. The number of rotatable bonds is 6. The molecule has 32 heavy (non-hydrogen) atoms. The van der Waals surface area contributed by atoms with Gasteiger partial charge in [-0.1, -0.05) is 60.3 Å². The molecule has 2 aromatic carbocycles. The van der Waals surface area contributed by atoms with Crippen molar-refractivity contribution < 1.29 is 9.53 Å². The molecule has 1 atom stereocenters. The Balaban J connectivity index is 1.36. The van der Waals surface area contributed by atoms with Crippen LogP contribution >= 0.6 is 23.1 Å². The normalized spacial score (nSPS) is 15.3. The average Bonchev–Trinajstić information content (AvgIpc) is 3.47. The molecule has 0 radical (unpaired) electrons. The Morgan fingerprint density at radius 1 is 1.09 bits per heavy atom. The molecule has 0 N–H and O–H groups in total. The van der Waals surface area contributed by atoms with Gasteiger partial charge in [-0.3, -0.25) is 9.69 Å². The van der Waals surface area contributed by atoms with Crippen molar-refractivity contribution >= 4 is 34.7 Å². The summed E-state index contributed by atoms with van der Waals surface area (Å²) in [5.74, 6) is 1.90. The van der Waals surface area contributed by atoms with Crippen LogP contribution in [0.25, 0.3) is 0 Å². The Hall–Kier alpha value is -3.10. The lowest BCUT2D eigenvalue weighted by atomic mass is 10.0. The fraction of sp³-hybridized carbons (Fsp3) is 0.208. The molecule has 0 unspecified atom stereocenters. The van der Waals surface area contributed by atoms with E-state index < -0.39 is 0 Å².